The van der Waals surface area contributed by atoms with Crippen LogP contribution in [0.5, 0.6) is 0 Å². The smallest absolute Gasteiger partial charge is 0.0419 e. The average molecular weight is 230 g/mol. The molecule has 2 heteroatoms. The molecule has 17 heavy (non-hydrogen) atoms. The molecule has 0 aromatic carbocycles. The van der Waals surface area contributed by atoms with Crippen LogP contribution in [0.15, 0.2) is 24.4 Å². The lowest BCUT2D eigenvalue weighted by molar-refractivity contribution is 0.408. The Labute approximate surface area is 104 Å². The number of likely N-dealkylation sites (N-methyl/N-ethyl adjacent to an activating group) is 1. The molecule has 0 saturated heterocycles. The Kier molecular flexibility index (Phi) is 3.15. The summed E-state index contributed by atoms with van der Waals surface area (Å²) in [6.45, 7) is 3.29. The minimum atomic E-state index is 0.658. The number of fused-ring (bicyclic) bond motifs is 1. The van der Waals surface area contributed by atoms with E-state index < -0.39 is 0 Å². The van der Waals surface area contributed by atoms with Crippen molar-refractivity contribution in [2.45, 2.75) is 38.6 Å². The number of nitrogens with one attached hydrogen (secondary N) is 1. The van der Waals surface area contributed by atoms with Gasteiger partial charge >= 0.3 is 0 Å². The van der Waals surface area contributed by atoms with Gasteiger partial charge in [-0.2, -0.15) is 0 Å². The topological polar surface area (TPSA) is 24.9 Å². The molecule has 0 bridgehead atoms. The number of aromatic nitrogens is 1. The maximum absolute atomic E-state index is 4.46. The first-order valence-electron chi connectivity index (χ1n) is 7.03. The minimum absolute atomic E-state index is 0.658. The van der Waals surface area contributed by atoms with Gasteiger partial charge in [0.25, 0.3) is 0 Å². The third-order valence-corrected chi connectivity index (χ3v) is 4.56. The molecule has 3 atom stereocenters. The second kappa shape index (κ2) is 4.77. The van der Waals surface area contributed by atoms with Crippen LogP contribution < -0.4 is 5.32 Å². The van der Waals surface area contributed by atoms with Gasteiger partial charge in [-0.3, -0.25) is 4.98 Å². The van der Waals surface area contributed by atoms with Crippen molar-refractivity contribution in [3.05, 3.63) is 30.1 Å². The molecule has 1 aromatic rings. The Balaban J connectivity index is 1.65. The first kappa shape index (κ1) is 11.2. The molecule has 0 spiro atoms. The zero-order valence-electron chi connectivity index (χ0n) is 10.6. The summed E-state index contributed by atoms with van der Waals surface area (Å²) in [6.07, 6.45) is 7.42. The Morgan fingerprint density at radius 3 is 2.82 bits per heavy atom. The molecule has 1 heterocycles. The van der Waals surface area contributed by atoms with Crippen molar-refractivity contribution in [1.29, 1.82) is 0 Å². The maximum atomic E-state index is 4.46. The molecule has 0 amide bonds. The van der Waals surface area contributed by atoms with Gasteiger partial charge in [0.1, 0.15) is 0 Å². The van der Waals surface area contributed by atoms with Crippen molar-refractivity contribution >= 4 is 0 Å². The predicted molar refractivity (Wildman–Crippen MR) is 69.7 cm³/mol. The van der Waals surface area contributed by atoms with Crippen molar-refractivity contribution in [1.82, 2.24) is 10.3 Å². The molecule has 2 saturated carbocycles. The van der Waals surface area contributed by atoms with E-state index in [4.69, 9.17) is 0 Å². The summed E-state index contributed by atoms with van der Waals surface area (Å²) in [5.41, 5.74) is 1.24. The molecule has 0 radical (unpaired) electrons. The van der Waals surface area contributed by atoms with Crippen molar-refractivity contribution in [3.63, 3.8) is 0 Å². The van der Waals surface area contributed by atoms with Gasteiger partial charge in [0.05, 0.1) is 0 Å². The Hall–Kier alpha value is -0.890. The van der Waals surface area contributed by atoms with Gasteiger partial charge in [0.2, 0.25) is 0 Å². The molecule has 92 valence electrons. The van der Waals surface area contributed by atoms with Gasteiger partial charge in [0.15, 0.2) is 0 Å². The molecular weight excluding hydrogens is 208 g/mol. The van der Waals surface area contributed by atoms with Crippen LogP contribution in [-0.4, -0.2) is 17.6 Å². The van der Waals surface area contributed by atoms with Gasteiger partial charge in [-0.05, 0) is 49.3 Å². The SMILES string of the molecule is CCNC(Cc1ccccn1)C1C2CCCC21. The van der Waals surface area contributed by atoms with Crippen LogP contribution in [0.25, 0.3) is 0 Å². The lowest BCUT2D eigenvalue weighted by Crippen LogP contribution is -2.34. The summed E-state index contributed by atoms with van der Waals surface area (Å²) in [4.78, 5) is 4.46. The second-order valence-electron chi connectivity index (χ2n) is 5.53. The molecule has 0 aliphatic heterocycles. The van der Waals surface area contributed by atoms with Crippen LogP contribution in [-0.2, 0) is 6.42 Å². The van der Waals surface area contributed by atoms with E-state index in [9.17, 15) is 0 Å². The van der Waals surface area contributed by atoms with Crippen LogP contribution in [0, 0.1) is 17.8 Å². The maximum Gasteiger partial charge on any atom is 0.0419 e. The van der Waals surface area contributed by atoms with Crippen LogP contribution in [0.1, 0.15) is 31.9 Å². The quantitative estimate of drug-likeness (QED) is 0.841. The minimum Gasteiger partial charge on any atom is -0.314 e. The summed E-state index contributed by atoms with van der Waals surface area (Å²) >= 11 is 0. The average Bonchev–Trinajstić information content (AvgIpc) is 2.83. The first-order valence-corrected chi connectivity index (χ1v) is 7.03. The molecule has 3 rings (SSSR count). The van der Waals surface area contributed by atoms with Gasteiger partial charge in [-0.25, -0.2) is 0 Å². The standard InChI is InChI=1S/C15H22N2/c1-2-16-14(10-11-6-3-4-9-17-11)15-12-7-5-8-13(12)15/h3-4,6,9,12-16H,2,5,7-8,10H2,1H3. The number of hydrogen-bond acceptors (Lipinski definition) is 2. The number of nitrogens with zero attached hydrogens (tertiary/aromatic N) is 1. The van der Waals surface area contributed by atoms with E-state index in [0.29, 0.717) is 6.04 Å². The highest BCUT2D eigenvalue weighted by Crippen LogP contribution is 2.59. The molecular formula is C15H22N2. The summed E-state index contributed by atoms with van der Waals surface area (Å²) in [5.74, 6) is 3.00. The number of rotatable bonds is 5. The number of hydrogen-bond donors (Lipinski definition) is 1. The summed E-state index contributed by atoms with van der Waals surface area (Å²) < 4.78 is 0. The third kappa shape index (κ3) is 2.23. The van der Waals surface area contributed by atoms with Crippen LogP contribution in [0.2, 0.25) is 0 Å². The van der Waals surface area contributed by atoms with E-state index in [2.05, 4.69) is 29.4 Å². The van der Waals surface area contributed by atoms with E-state index >= 15 is 0 Å². The molecule has 1 aromatic heterocycles. The van der Waals surface area contributed by atoms with E-state index in [1.54, 1.807) is 0 Å². The van der Waals surface area contributed by atoms with E-state index in [-0.39, 0.29) is 0 Å². The van der Waals surface area contributed by atoms with Gasteiger partial charge in [-0.1, -0.05) is 19.4 Å². The van der Waals surface area contributed by atoms with Crippen molar-refractivity contribution < 1.29 is 0 Å². The molecule has 2 fully saturated rings. The van der Waals surface area contributed by atoms with Crippen LogP contribution in [0.4, 0.5) is 0 Å². The summed E-state index contributed by atoms with van der Waals surface area (Å²) in [5, 5.41) is 3.68. The molecule has 2 aliphatic carbocycles. The molecule has 2 aliphatic rings. The fraction of sp³-hybridized carbons (Fsp3) is 0.667. The molecule has 1 N–H and O–H groups in total. The number of pyridine rings is 1. The fourth-order valence-electron chi connectivity index (χ4n) is 3.82. The summed E-state index contributed by atoms with van der Waals surface area (Å²) in [7, 11) is 0. The fourth-order valence-corrected chi connectivity index (χ4v) is 3.82. The van der Waals surface area contributed by atoms with Crippen molar-refractivity contribution in [2.75, 3.05) is 6.54 Å². The highest BCUT2D eigenvalue weighted by Gasteiger charge is 2.55. The van der Waals surface area contributed by atoms with Gasteiger partial charge < -0.3 is 5.32 Å². The van der Waals surface area contributed by atoms with Gasteiger partial charge in [0, 0.05) is 24.4 Å². The summed E-state index contributed by atoms with van der Waals surface area (Å²) in [6, 6.07) is 6.91. The Morgan fingerprint density at radius 1 is 1.35 bits per heavy atom. The lowest BCUT2D eigenvalue weighted by Gasteiger charge is -2.19. The Morgan fingerprint density at radius 2 is 2.18 bits per heavy atom. The lowest BCUT2D eigenvalue weighted by atomic mass is 9.99. The zero-order chi connectivity index (χ0) is 11.7. The zero-order valence-corrected chi connectivity index (χ0v) is 10.6. The van der Waals surface area contributed by atoms with Gasteiger partial charge in [-0.15, -0.1) is 0 Å². The van der Waals surface area contributed by atoms with Crippen molar-refractivity contribution in [2.24, 2.45) is 17.8 Å². The monoisotopic (exact) mass is 230 g/mol. The second-order valence-corrected chi connectivity index (χ2v) is 5.53. The third-order valence-electron chi connectivity index (χ3n) is 4.56. The van der Waals surface area contributed by atoms with E-state index in [1.807, 2.05) is 12.3 Å². The van der Waals surface area contributed by atoms with E-state index in [1.165, 1.54) is 25.0 Å². The normalized spacial score (nSPS) is 32.2. The van der Waals surface area contributed by atoms with Crippen molar-refractivity contribution in [3.8, 4) is 0 Å². The first-order chi connectivity index (χ1) is 8.40. The van der Waals surface area contributed by atoms with Crippen LogP contribution in [0.3, 0.4) is 0 Å². The van der Waals surface area contributed by atoms with Crippen LogP contribution >= 0.6 is 0 Å². The predicted octanol–water partition coefficient (Wildman–Crippen LogP) is 2.65. The van der Waals surface area contributed by atoms with E-state index in [0.717, 1.165) is 30.7 Å². The Bertz CT molecular complexity index is 352. The highest BCUT2D eigenvalue weighted by molar-refractivity contribution is 5.11. The highest BCUT2D eigenvalue weighted by atomic mass is 14.9. The largest absolute Gasteiger partial charge is 0.314 e. The molecule has 3 unspecified atom stereocenters. The molecule has 2 nitrogen and oxygen atoms in total.